The predicted octanol–water partition coefficient (Wildman–Crippen LogP) is 4.12. The summed E-state index contributed by atoms with van der Waals surface area (Å²) >= 11 is 0. The lowest BCUT2D eigenvalue weighted by Gasteiger charge is -2.23. The fourth-order valence-corrected chi connectivity index (χ4v) is 2.68. The zero-order valence-electron chi connectivity index (χ0n) is 13.9. The molecule has 0 saturated carbocycles. The van der Waals surface area contributed by atoms with Crippen LogP contribution in [0.1, 0.15) is 70.9 Å². The van der Waals surface area contributed by atoms with Crippen LogP contribution in [-0.2, 0) is 0 Å². The number of rotatable bonds is 6. The van der Waals surface area contributed by atoms with Crippen LogP contribution in [0.2, 0.25) is 0 Å². The van der Waals surface area contributed by atoms with Crippen molar-refractivity contribution in [1.29, 1.82) is 0 Å². The fraction of sp³-hybridized carbons (Fsp3) is 0.750. The molecule has 0 N–H and O–H groups in total. The summed E-state index contributed by atoms with van der Waals surface area (Å²) < 4.78 is 7.03. The third-order valence-electron chi connectivity index (χ3n) is 3.23. The summed E-state index contributed by atoms with van der Waals surface area (Å²) in [5.41, 5.74) is 0.838. The third-order valence-corrected chi connectivity index (χ3v) is 3.23. The van der Waals surface area contributed by atoms with Crippen molar-refractivity contribution < 1.29 is 9.53 Å². The van der Waals surface area contributed by atoms with E-state index in [1.54, 1.807) is 18.0 Å². The second-order valence-corrected chi connectivity index (χ2v) is 7.10. The highest BCUT2D eigenvalue weighted by molar-refractivity contribution is 5.97. The quantitative estimate of drug-likeness (QED) is 0.736. The molecule has 114 valence electrons. The minimum absolute atomic E-state index is 0.116. The van der Waals surface area contributed by atoms with Crippen LogP contribution >= 0.6 is 0 Å². The molecule has 0 radical (unpaired) electrons. The standard InChI is InChI=1S/C16H28N2O2/c1-11(2)18-15(14(20-7)10-17-18)13(19)8-12(3)9-16(4,5)6/h10-12H,8-9H2,1-7H3. The molecular weight excluding hydrogens is 252 g/mol. The minimum atomic E-state index is 0.116. The van der Waals surface area contributed by atoms with Crippen molar-refractivity contribution in [2.24, 2.45) is 11.3 Å². The Labute approximate surface area is 122 Å². The van der Waals surface area contributed by atoms with Gasteiger partial charge >= 0.3 is 0 Å². The number of ether oxygens (including phenoxy) is 1. The van der Waals surface area contributed by atoms with E-state index in [1.165, 1.54) is 0 Å². The third kappa shape index (κ3) is 4.36. The van der Waals surface area contributed by atoms with Crippen LogP contribution in [0.15, 0.2) is 6.20 Å². The molecule has 1 aromatic rings. The molecule has 1 atom stereocenters. The molecule has 1 aromatic heterocycles. The van der Waals surface area contributed by atoms with Gasteiger partial charge in [-0.3, -0.25) is 9.48 Å². The Hall–Kier alpha value is -1.32. The molecule has 0 aliphatic rings. The first-order chi connectivity index (χ1) is 9.15. The number of methoxy groups -OCH3 is 1. The molecule has 0 saturated heterocycles. The molecule has 0 fully saturated rings. The van der Waals surface area contributed by atoms with E-state index in [9.17, 15) is 4.79 Å². The van der Waals surface area contributed by atoms with Crippen molar-refractivity contribution in [3.05, 3.63) is 11.9 Å². The Morgan fingerprint density at radius 1 is 1.35 bits per heavy atom. The Bertz CT molecular complexity index is 456. The monoisotopic (exact) mass is 280 g/mol. The summed E-state index contributed by atoms with van der Waals surface area (Å²) in [5, 5.41) is 4.26. The molecule has 0 aromatic carbocycles. The zero-order valence-corrected chi connectivity index (χ0v) is 13.9. The molecule has 1 unspecified atom stereocenters. The van der Waals surface area contributed by atoms with Gasteiger partial charge in [0.1, 0.15) is 5.69 Å². The van der Waals surface area contributed by atoms with Crippen molar-refractivity contribution >= 4 is 5.78 Å². The normalized spacial score (nSPS) is 13.6. The number of carbonyl (C=O) groups is 1. The van der Waals surface area contributed by atoms with Crippen LogP contribution < -0.4 is 4.74 Å². The molecular formula is C16H28N2O2. The first kappa shape index (κ1) is 16.7. The fourth-order valence-electron chi connectivity index (χ4n) is 2.68. The predicted molar refractivity (Wildman–Crippen MR) is 81.3 cm³/mol. The molecule has 0 amide bonds. The van der Waals surface area contributed by atoms with Gasteiger partial charge in [0.15, 0.2) is 11.5 Å². The summed E-state index contributed by atoms with van der Waals surface area (Å²) in [5.74, 6) is 1.04. The van der Waals surface area contributed by atoms with Crippen molar-refractivity contribution in [2.45, 2.75) is 60.4 Å². The minimum Gasteiger partial charge on any atom is -0.493 e. The van der Waals surface area contributed by atoms with E-state index >= 15 is 0 Å². The van der Waals surface area contributed by atoms with Gasteiger partial charge in [-0.25, -0.2) is 0 Å². The van der Waals surface area contributed by atoms with Crippen LogP contribution in [-0.4, -0.2) is 22.7 Å². The number of hydrogen-bond acceptors (Lipinski definition) is 3. The Morgan fingerprint density at radius 3 is 2.40 bits per heavy atom. The first-order valence-corrected chi connectivity index (χ1v) is 7.30. The summed E-state index contributed by atoms with van der Waals surface area (Å²) in [6.07, 6.45) is 3.19. The Balaban J connectivity index is 2.89. The van der Waals surface area contributed by atoms with Crippen molar-refractivity contribution in [3.8, 4) is 5.75 Å². The van der Waals surface area contributed by atoms with Crippen LogP contribution in [0, 0.1) is 11.3 Å². The zero-order chi connectivity index (χ0) is 15.5. The Kier molecular flexibility index (Phi) is 5.37. The molecule has 1 rings (SSSR count). The Morgan fingerprint density at radius 2 is 1.95 bits per heavy atom. The maximum Gasteiger partial charge on any atom is 0.184 e. The van der Waals surface area contributed by atoms with E-state index in [0.29, 0.717) is 23.8 Å². The number of ketones is 1. The van der Waals surface area contributed by atoms with E-state index in [2.05, 4.69) is 32.8 Å². The van der Waals surface area contributed by atoms with Gasteiger partial charge in [0.25, 0.3) is 0 Å². The lowest BCUT2D eigenvalue weighted by atomic mass is 9.83. The number of Topliss-reactive ketones (excluding diaryl/α,β-unsaturated/α-hetero) is 1. The summed E-state index contributed by atoms with van der Waals surface area (Å²) in [7, 11) is 1.58. The van der Waals surface area contributed by atoms with Crippen LogP contribution in [0.25, 0.3) is 0 Å². The highest BCUT2D eigenvalue weighted by Crippen LogP contribution is 2.29. The topological polar surface area (TPSA) is 44.1 Å². The average molecular weight is 280 g/mol. The average Bonchev–Trinajstić information content (AvgIpc) is 2.69. The molecule has 1 heterocycles. The molecule has 4 heteroatoms. The van der Waals surface area contributed by atoms with Crippen LogP contribution in [0.3, 0.4) is 0 Å². The molecule has 4 nitrogen and oxygen atoms in total. The van der Waals surface area contributed by atoms with Gasteiger partial charge in [0.05, 0.1) is 13.3 Å². The van der Waals surface area contributed by atoms with Gasteiger partial charge in [-0.05, 0) is 31.6 Å². The molecule has 0 aliphatic heterocycles. The number of carbonyl (C=O) groups excluding carboxylic acids is 1. The largest absolute Gasteiger partial charge is 0.493 e. The van der Waals surface area contributed by atoms with Gasteiger partial charge in [-0.1, -0.05) is 27.7 Å². The smallest absolute Gasteiger partial charge is 0.184 e. The van der Waals surface area contributed by atoms with E-state index < -0.39 is 0 Å². The van der Waals surface area contributed by atoms with Gasteiger partial charge in [0, 0.05) is 12.5 Å². The second-order valence-electron chi connectivity index (χ2n) is 7.10. The maximum absolute atomic E-state index is 12.6. The van der Waals surface area contributed by atoms with Gasteiger partial charge in [-0.15, -0.1) is 0 Å². The highest BCUT2D eigenvalue weighted by Gasteiger charge is 2.24. The van der Waals surface area contributed by atoms with Crippen LogP contribution in [0.5, 0.6) is 5.75 Å². The number of nitrogens with zero attached hydrogens (tertiary/aromatic N) is 2. The summed E-state index contributed by atoms with van der Waals surface area (Å²) in [4.78, 5) is 12.6. The van der Waals surface area contributed by atoms with E-state index in [1.807, 2.05) is 13.8 Å². The van der Waals surface area contributed by atoms with Crippen molar-refractivity contribution in [2.75, 3.05) is 7.11 Å². The van der Waals surface area contributed by atoms with Crippen molar-refractivity contribution in [3.63, 3.8) is 0 Å². The van der Waals surface area contributed by atoms with Gasteiger partial charge in [-0.2, -0.15) is 5.10 Å². The van der Waals surface area contributed by atoms with Crippen LogP contribution in [0.4, 0.5) is 0 Å². The highest BCUT2D eigenvalue weighted by atomic mass is 16.5. The molecule has 0 spiro atoms. The van der Waals surface area contributed by atoms with E-state index in [4.69, 9.17) is 4.74 Å². The maximum atomic E-state index is 12.6. The lowest BCUT2D eigenvalue weighted by Crippen LogP contribution is -2.18. The number of aromatic nitrogens is 2. The molecule has 0 aliphatic carbocycles. The summed E-state index contributed by atoms with van der Waals surface area (Å²) in [6, 6.07) is 0.149. The second kappa shape index (κ2) is 6.42. The van der Waals surface area contributed by atoms with E-state index in [0.717, 1.165) is 6.42 Å². The lowest BCUT2D eigenvalue weighted by molar-refractivity contribution is 0.0938. The van der Waals surface area contributed by atoms with E-state index in [-0.39, 0.29) is 17.2 Å². The first-order valence-electron chi connectivity index (χ1n) is 7.30. The molecule has 20 heavy (non-hydrogen) atoms. The van der Waals surface area contributed by atoms with Crippen molar-refractivity contribution in [1.82, 2.24) is 9.78 Å². The van der Waals surface area contributed by atoms with Gasteiger partial charge in [0.2, 0.25) is 0 Å². The molecule has 0 bridgehead atoms. The van der Waals surface area contributed by atoms with Gasteiger partial charge < -0.3 is 4.74 Å². The summed E-state index contributed by atoms with van der Waals surface area (Å²) in [6.45, 7) is 12.8. The SMILES string of the molecule is COc1cnn(C(C)C)c1C(=O)CC(C)CC(C)(C)C. The number of hydrogen-bond donors (Lipinski definition) is 0.